The first-order valence-electron chi connectivity index (χ1n) is 10.8. The number of carbonyl (C=O) groups is 2. The van der Waals surface area contributed by atoms with Gasteiger partial charge in [-0.25, -0.2) is 8.78 Å². The van der Waals surface area contributed by atoms with E-state index < -0.39 is 23.1 Å². The minimum Gasteiger partial charge on any atom is -0.495 e. The van der Waals surface area contributed by atoms with E-state index in [9.17, 15) is 18.4 Å². The molecule has 0 radical (unpaired) electrons. The number of para-hydroxylation sites is 3. The summed E-state index contributed by atoms with van der Waals surface area (Å²) in [5.41, 5.74) is 0.929. The third-order valence-corrected chi connectivity index (χ3v) is 6.36. The van der Waals surface area contributed by atoms with Crippen molar-refractivity contribution in [3.8, 4) is 5.75 Å². The number of fused-ring (bicyclic) bond motifs is 1. The molecule has 35 heavy (non-hydrogen) atoms. The van der Waals surface area contributed by atoms with E-state index in [0.717, 1.165) is 27.9 Å². The Labute approximate surface area is 205 Å². The van der Waals surface area contributed by atoms with Gasteiger partial charge in [0.15, 0.2) is 0 Å². The van der Waals surface area contributed by atoms with E-state index in [-0.39, 0.29) is 18.2 Å². The van der Waals surface area contributed by atoms with Crippen LogP contribution < -0.4 is 15.4 Å². The molecule has 0 aliphatic rings. The van der Waals surface area contributed by atoms with Gasteiger partial charge in [0.1, 0.15) is 22.9 Å². The predicted molar refractivity (Wildman–Crippen MR) is 133 cm³/mol. The number of nitrogens with one attached hydrogen (secondary N) is 2. The van der Waals surface area contributed by atoms with Crippen LogP contribution in [0.4, 0.5) is 14.5 Å². The summed E-state index contributed by atoms with van der Waals surface area (Å²) in [6.45, 7) is 0.556. The van der Waals surface area contributed by atoms with Gasteiger partial charge < -0.3 is 19.9 Å². The van der Waals surface area contributed by atoms with Gasteiger partial charge in [-0.15, -0.1) is 11.8 Å². The van der Waals surface area contributed by atoms with E-state index in [0.29, 0.717) is 18.0 Å². The highest BCUT2D eigenvalue weighted by atomic mass is 32.2. The van der Waals surface area contributed by atoms with E-state index >= 15 is 0 Å². The standard InChI is InChI=1S/C26H23F2N3O3S/c1-34-22-12-5-3-10-20(22)30-24(32)16-35-23-15-31(21-11-4-2-7-17(21)23)14-13-29-26(33)25-18(27)8-6-9-19(25)28/h2-12,15H,13-14,16H2,1H3,(H,29,33)(H,30,32). The Morgan fingerprint density at radius 3 is 2.46 bits per heavy atom. The molecule has 0 bridgehead atoms. The number of anilines is 1. The summed E-state index contributed by atoms with van der Waals surface area (Å²) in [5, 5.41) is 6.39. The monoisotopic (exact) mass is 495 g/mol. The van der Waals surface area contributed by atoms with Crippen molar-refractivity contribution < 1.29 is 23.1 Å². The van der Waals surface area contributed by atoms with Crippen molar-refractivity contribution in [2.24, 2.45) is 0 Å². The number of benzene rings is 3. The summed E-state index contributed by atoms with van der Waals surface area (Å²) in [7, 11) is 1.55. The Kier molecular flexibility index (Phi) is 7.67. The van der Waals surface area contributed by atoms with E-state index in [4.69, 9.17) is 4.74 Å². The molecule has 0 saturated heterocycles. The number of ether oxygens (including phenoxy) is 1. The van der Waals surface area contributed by atoms with Gasteiger partial charge in [0.05, 0.1) is 18.6 Å². The number of carbonyl (C=O) groups excluding carboxylic acids is 2. The third-order valence-electron chi connectivity index (χ3n) is 5.32. The van der Waals surface area contributed by atoms with Crippen LogP contribution >= 0.6 is 11.8 Å². The number of halogens is 2. The fraction of sp³-hybridized carbons (Fsp3) is 0.154. The second-order valence-electron chi connectivity index (χ2n) is 7.59. The number of aromatic nitrogens is 1. The van der Waals surface area contributed by atoms with E-state index in [1.807, 2.05) is 47.2 Å². The average molecular weight is 496 g/mol. The van der Waals surface area contributed by atoms with Crippen molar-refractivity contribution in [3.05, 3.63) is 90.1 Å². The summed E-state index contributed by atoms with van der Waals surface area (Å²) >= 11 is 1.39. The second kappa shape index (κ2) is 11.1. The van der Waals surface area contributed by atoms with Crippen LogP contribution in [0.5, 0.6) is 5.75 Å². The first kappa shape index (κ1) is 24.3. The Balaban J connectivity index is 1.41. The molecular formula is C26H23F2N3O3S. The number of hydrogen-bond acceptors (Lipinski definition) is 4. The maximum Gasteiger partial charge on any atom is 0.257 e. The van der Waals surface area contributed by atoms with Crippen LogP contribution in [0.15, 0.2) is 77.8 Å². The number of methoxy groups -OCH3 is 1. The normalized spacial score (nSPS) is 10.8. The van der Waals surface area contributed by atoms with E-state index in [1.165, 1.54) is 17.8 Å². The topological polar surface area (TPSA) is 72.4 Å². The zero-order valence-electron chi connectivity index (χ0n) is 18.9. The minimum atomic E-state index is -0.904. The van der Waals surface area contributed by atoms with Crippen molar-refractivity contribution in [3.63, 3.8) is 0 Å². The molecule has 0 unspecified atom stereocenters. The first-order chi connectivity index (χ1) is 17.0. The molecule has 3 aromatic carbocycles. The van der Waals surface area contributed by atoms with Gasteiger partial charge in [0, 0.05) is 35.1 Å². The number of rotatable bonds is 9. The second-order valence-corrected chi connectivity index (χ2v) is 8.61. The van der Waals surface area contributed by atoms with Gasteiger partial charge in [-0.05, 0) is 30.3 Å². The van der Waals surface area contributed by atoms with Crippen LogP contribution in [-0.2, 0) is 11.3 Å². The van der Waals surface area contributed by atoms with Gasteiger partial charge in [-0.2, -0.15) is 0 Å². The zero-order valence-corrected chi connectivity index (χ0v) is 19.7. The Bertz CT molecular complexity index is 1350. The van der Waals surface area contributed by atoms with Crippen molar-refractivity contribution in [1.82, 2.24) is 9.88 Å². The summed E-state index contributed by atoms with van der Waals surface area (Å²) in [5.74, 6) is -2.01. The first-order valence-corrected chi connectivity index (χ1v) is 11.8. The van der Waals surface area contributed by atoms with Crippen LogP contribution in [-0.4, -0.2) is 35.8 Å². The molecule has 0 spiro atoms. The summed E-state index contributed by atoms with van der Waals surface area (Å²) in [4.78, 5) is 25.7. The lowest BCUT2D eigenvalue weighted by molar-refractivity contribution is -0.113. The molecule has 2 N–H and O–H groups in total. The highest BCUT2D eigenvalue weighted by Crippen LogP contribution is 2.30. The number of thioether (sulfide) groups is 1. The van der Waals surface area contributed by atoms with Crippen LogP contribution in [0, 0.1) is 11.6 Å². The van der Waals surface area contributed by atoms with Gasteiger partial charge in [0.2, 0.25) is 5.91 Å². The zero-order chi connectivity index (χ0) is 24.8. The fourth-order valence-corrected chi connectivity index (χ4v) is 4.57. The lowest BCUT2D eigenvalue weighted by Crippen LogP contribution is -2.28. The summed E-state index contributed by atoms with van der Waals surface area (Å²) in [6, 6.07) is 18.2. The molecule has 1 heterocycles. The molecule has 4 aromatic rings. The Hall–Kier alpha value is -3.85. The molecule has 0 aliphatic carbocycles. The van der Waals surface area contributed by atoms with E-state index in [2.05, 4.69) is 10.6 Å². The average Bonchev–Trinajstić information content (AvgIpc) is 3.21. The summed E-state index contributed by atoms with van der Waals surface area (Å²) < 4.78 is 34.9. The predicted octanol–water partition coefficient (Wildman–Crippen LogP) is 5.09. The van der Waals surface area contributed by atoms with E-state index in [1.54, 1.807) is 19.2 Å². The highest BCUT2D eigenvalue weighted by molar-refractivity contribution is 8.00. The van der Waals surface area contributed by atoms with Gasteiger partial charge in [0.25, 0.3) is 5.91 Å². The van der Waals surface area contributed by atoms with Gasteiger partial charge >= 0.3 is 0 Å². The van der Waals surface area contributed by atoms with Crippen molar-refractivity contribution >= 4 is 40.2 Å². The molecule has 0 atom stereocenters. The molecular weight excluding hydrogens is 472 g/mol. The minimum absolute atomic E-state index is 0.170. The Morgan fingerprint density at radius 1 is 0.971 bits per heavy atom. The number of hydrogen-bond donors (Lipinski definition) is 2. The maximum absolute atomic E-state index is 13.8. The number of amides is 2. The molecule has 0 saturated carbocycles. The highest BCUT2D eigenvalue weighted by Gasteiger charge is 2.17. The maximum atomic E-state index is 13.8. The van der Waals surface area contributed by atoms with Crippen LogP contribution in [0.3, 0.4) is 0 Å². The van der Waals surface area contributed by atoms with Gasteiger partial charge in [-0.3, -0.25) is 9.59 Å². The largest absolute Gasteiger partial charge is 0.495 e. The molecule has 6 nitrogen and oxygen atoms in total. The summed E-state index contributed by atoms with van der Waals surface area (Å²) in [6.07, 6.45) is 1.90. The van der Waals surface area contributed by atoms with Crippen LogP contribution in [0.2, 0.25) is 0 Å². The molecule has 4 rings (SSSR count). The SMILES string of the molecule is COc1ccccc1NC(=O)CSc1cn(CCNC(=O)c2c(F)cccc2F)c2ccccc12. The van der Waals surface area contributed by atoms with Crippen LogP contribution in [0.1, 0.15) is 10.4 Å². The van der Waals surface area contributed by atoms with Crippen molar-refractivity contribution in [2.45, 2.75) is 11.4 Å². The quantitative estimate of drug-likeness (QED) is 0.318. The molecule has 9 heteroatoms. The van der Waals surface area contributed by atoms with Gasteiger partial charge in [-0.1, -0.05) is 36.4 Å². The lowest BCUT2D eigenvalue weighted by Gasteiger charge is -2.09. The molecule has 2 amide bonds. The number of nitrogens with zero attached hydrogens (tertiary/aromatic N) is 1. The van der Waals surface area contributed by atoms with Crippen molar-refractivity contribution in [1.29, 1.82) is 0 Å². The molecule has 0 fully saturated rings. The lowest BCUT2D eigenvalue weighted by atomic mass is 10.2. The van der Waals surface area contributed by atoms with Crippen LogP contribution in [0.25, 0.3) is 10.9 Å². The molecule has 1 aromatic heterocycles. The third kappa shape index (κ3) is 5.63. The Morgan fingerprint density at radius 2 is 1.69 bits per heavy atom. The van der Waals surface area contributed by atoms with Crippen molar-refractivity contribution in [2.75, 3.05) is 24.7 Å². The molecule has 0 aliphatic heterocycles. The molecule has 180 valence electrons. The fourth-order valence-electron chi connectivity index (χ4n) is 3.68. The smallest absolute Gasteiger partial charge is 0.257 e.